The highest BCUT2D eigenvalue weighted by Gasteiger charge is 2.38. The highest BCUT2D eigenvalue weighted by atomic mass is 35.5. The molecule has 0 saturated carbocycles. The van der Waals surface area contributed by atoms with Gasteiger partial charge in [-0.2, -0.15) is 13.2 Å². The molecule has 1 fully saturated rings. The molecular weight excluding hydrogens is 531 g/mol. The third-order valence-electron chi connectivity index (χ3n) is 5.09. The minimum atomic E-state index is -5.08. The summed E-state index contributed by atoms with van der Waals surface area (Å²) in [6.45, 7) is 4.61. The molecule has 5 N–H and O–H groups in total. The number of carboxylic acid groups (broad SMARTS) is 1. The van der Waals surface area contributed by atoms with Gasteiger partial charge in [0.15, 0.2) is 0 Å². The summed E-state index contributed by atoms with van der Waals surface area (Å²) in [7, 11) is 0. The lowest BCUT2D eigenvalue weighted by Gasteiger charge is -2.34. The quantitative estimate of drug-likeness (QED) is 0.184. The molecule has 1 aliphatic rings. The second-order valence-corrected chi connectivity index (χ2v) is 8.52. The first-order valence-corrected chi connectivity index (χ1v) is 11.8. The Hall–Kier alpha value is -3.71. The molecule has 0 aromatic heterocycles. The SMILES string of the molecule is NC(N)=NOCCCOc1cc(Cl)cc(C(=O)N2CCN(Cc3ccccc3)CC2)c1.O=C(O)C(F)(F)F. The molecule has 208 valence electrons. The van der Waals surface area contributed by atoms with E-state index in [1.54, 1.807) is 18.2 Å². The van der Waals surface area contributed by atoms with Gasteiger partial charge in [-0.25, -0.2) is 4.79 Å². The van der Waals surface area contributed by atoms with E-state index in [1.165, 1.54) is 5.56 Å². The zero-order valence-corrected chi connectivity index (χ0v) is 21.1. The summed E-state index contributed by atoms with van der Waals surface area (Å²) in [5, 5.41) is 11.0. The fourth-order valence-corrected chi connectivity index (χ4v) is 3.56. The molecule has 1 amide bonds. The van der Waals surface area contributed by atoms with E-state index in [2.05, 4.69) is 22.2 Å². The number of oxime groups is 1. The highest BCUT2D eigenvalue weighted by molar-refractivity contribution is 6.31. The standard InChI is InChI=1S/C22H28ClN5O3.C2HF3O2/c23-19-13-18(14-20(15-19)30-11-4-12-31-26-22(24)25)21(29)28-9-7-27(8-10-28)16-17-5-2-1-3-6-17;3-2(4,5)1(6)7/h1-3,5-6,13-15H,4,7-12,16H2,(H4,24,25,26);(H,6,7). The van der Waals surface area contributed by atoms with Crippen LogP contribution in [0.25, 0.3) is 0 Å². The van der Waals surface area contributed by atoms with Gasteiger partial charge < -0.3 is 31.0 Å². The van der Waals surface area contributed by atoms with Crippen molar-refractivity contribution in [1.29, 1.82) is 0 Å². The van der Waals surface area contributed by atoms with Gasteiger partial charge in [0.2, 0.25) is 5.96 Å². The normalized spacial score (nSPS) is 13.6. The molecule has 14 heteroatoms. The van der Waals surface area contributed by atoms with E-state index in [4.69, 9.17) is 42.5 Å². The molecule has 0 aliphatic carbocycles. The number of hydrogen-bond acceptors (Lipinski definition) is 6. The van der Waals surface area contributed by atoms with Crippen LogP contribution in [0, 0.1) is 0 Å². The van der Waals surface area contributed by atoms with E-state index in [9.17, 15) is 18.0 Å². The predicted molar refractivity (Wildman–Crippen MR) is 135 cm³/mol. The van der Waals surface area contributed by atoms with Crippen molar-refractivity contribution in [3.8, 4) is 5.75 Å². The van der Waals surface area contributed by atoms with Crippen LogP contribution in [0.1, 0.15) is 22.3 Å². The topological polar surface area (TPSA) is 144 Å². The summed E-state index contributed by atoms with van der Waals surface area (Å²) in [6.07, 6.45) is -4.50. The number of alkyl halides is 3. The average Bonchev–Trinajstić information content (AvgIpc) is 2.86. The van der Waals surface area contributed by atoms with Gasteiger partial charge in [-0.15, -0.1) is 0 Å². The zero-order chi connectivity index (χ0) is 28.1. The van der Waals surface area contributed by atoms with Crippen molar-refractivity contribution < 1.29 is 37.4 Å². The summed E-state index contributed by atoms with van der Waals surface area (Å²) >= 11 is 6.21. The van der Waals surface area contributed by atoms with E-state index in [1.807, 2.05) is 23.1 Å². The van der Waals surface area contributed by atoms with Gasteiger partial charge in [0.1, 0.15) is 12.4 Å². The number of guanidine groups is 1. The Balaban J connectivity index is 0.000000638. The Bertz CT molecular complexity index is 1080. The van der Waals surface area contributed by atoms with Crippen LogP contribution in [-0.2, 0) is 16.2 Å². The number of piperazine rings is 1. The van der Waals surface area contributed by atoms with E-state index < -0.39 is 12.1 Å². The third-order valence-corrected chi connectivity index (χ3v) is 5.31. The van der Waals surface area contributed by atoms with Crippen LogP contribution in [0.3, 0.4) is 0 Å². The third kappa shape index (κ3) is 11.1. The number of carboxylic acids is 1. The molecule has 1 aliphatic heterocycles. The first-order valence-electron chi connectivity index (χ1n) is 11.5. The Kier molecular flexibility index (Phi) is 12.0. The average molecular weight is 560 g/mol. The molecule has 0 unspecified atom stereocenters. The fraction of sp³-hybridized carbons (Fsp3) is 0.375. The number of amides is 1. The number of aliphatic carboxylic acids is 1. The number of nitrogens with zero attached hydrogens (tertiary/aromatic N) is 3. The summed E-state index contributed by atoms with van der Waals surface area (Å²) in [6, 6.07) is 15.4. The Morgan fingerprint density at radius 1 is 1.03 bits per heavy atom. The highest BCUT2D eigenvalue weighted by Crippen LogP contribution is 2.23. The second kappa shape index (κ2) is 14.9. The predicted octanol–water partition coefficient (Wildman–Crippen LogP) is 2.91. The van der Waals surface area contributed by atoms with E-state index >= 15 is 0 Å². The number of halogens is 4. The number of hydrogen-bond donors (Lipinski definition) is 3. The van der Waals surface area contributed by atoms with Gasteiger partial charge in [0.05, 0.1) is 6.61 Å². The first-order chi connectivity index (χ1) is 18.0. The minimum Gasteiger partial charge on any atom is -0.493 e. The van der Waals surface area contributed by atoms with Crippen LogP contribution >= 0.6 is 11.6 Å². The Morgan fingerprint density at radius 2 is 1.66 bits per heavy atom. The van der Waals surface area contributed by atoms with Crippen molar-refractivity contribution in [3.05, 3.63) is 64.7 Å². The van der Waals surface area contributed by atoms with Gasteiger partial charge >= 0.3 is 12.1 Å². The molecule has 0 spiro atoms. The van der Waals surface area contributed by atoms with Crippen LogP contribution in [0.5, 0.6) is 5.75 Å². The summed E-state index contributed by atoms with van der Waals surface area (Å²) in [5.41, 5.74) is 12.2. The number of benzene rings is 2. The molecule has 0 bridgehead atoms. The Labute approximate surface area is 222 Å². The van der Waals surface area contributed by atoms with E-state index in [0.29, 0.717) is 49.1 Å². The summed E-state index contributed by atoms with van der Waals surface area (Å²) in [4.78, 5) is 31.0. The Morgan fingerprint density at radius 3 is 2.24 bits per heavy atom. The number of rotatable bonds is 9. The maximum absolute atomic E-state index is 13.0. The number of nitrogens with two attached hydrogens (primary N) is 2. The zero-order valence-electron chi connectivity index (χ0n) is 20.4. The van der Waals surface area contributed by atoms with Crippen molar-refractivity contribution in [2.24, 2.45) is 16.6 Å². The maximum Gasteiger partial charge on any atom is 0.490 e. The molecule has 1 saturated heterocycles. The van der Waals surface area contributed by atoms with Crippen LogP contribution in [0.4, 0.5) is 13.2 Å². The molecule has 1 heterocycles. The largest absolute Gasteiger partial charge is 0.493 e. The van der Waals surface area contributed by atoms with Crippen LogP contribution < -0.4 is 16.2 Å². The van der Waals surface area contributed by atoms with Crippen molar-refractivity contribution >= 4 is 29.4 Å². The monoisotopic (exact) mass is 559 g/mol. The second-order valence-electron chi connectivity index (χ2n) is 8.08. The molecule has 0 radical (unpaired) electrons. The van der Waals surface area contributed by atoms with E-state index in [0.717, 1.165) is 19.6 Å². The lowest BCUT2D eigenvalue weighted by molar-refractivity contribution is -0.192. The fourth-order valence-electron chi connectivity index (χ4n) is 3.34. The van der Waals surface area contributed by atoms with Gasteiger partial charge in [-0.3, -0.25) is 9.69 Å². The van der Waals surface area contributed by atoms with Gasteiger partial charge in [0.25, 0.3) is 5.91 Å². The first kappa shape index (κ1) is 30.5. The number of carbonyl (C=O) groups is 2. The molecule has 0 atom stereocenters. The molecular formula is C24H29ClF3N5O5. The van der Waals surface area contributed by atoms with Crippen LogP contribution in [0.2, 0.25) is 5.02 Å². The molecule has 10 nitrogen and oxygen atoms in total. The van der Waals surface area contributed by atoms with Crippen molar-refractivity contribution in [1.82, 2.24) is 9.80 Å². The molecule has 2 aromatic rings. The molecule has 3 rings (SSSR count). The van der Waals surface area contributed by atoms with Crippen LogP contribution in [-0.4, -0.2) is 78.3 Å². The van der Waals surface area contributed by atoms with Gasteiger partial charge in [-0.1, -0.05) is 41.9 Å². The van der Waals surface area contributed by atoms with Crippen LogP contribution in [0.15, 0.2) is 53.7 Å². The number of carbonyl (C=O) groups excluding carboxylic acids is 1. The summed E-state index contributed by atoms with van der Waals surface area (Å²) < 4.78 is 37.4. The van der Waals surface area contributed by atoms with Gasteiger partial charge in [-0.05, 0) is 28.9 Å². The van der Waals surface area contributed by atoms with Crippen molar-refractivity contribution in [2.45, 2.75) is 19.1 Å². The molecule has 38 heavy (non-hydrogen) atoms. The smallest absolute Gasteiger partial charge is 0.490 e. The molecule has 2 aromatic carbocycles. The lowest BCUT2D eigenvalue weighted by atomic mass is 10.1. The van der Waals surface area contributed by atoms with Crippen molar-refractivity contribution in [2.75, 3.05) is 39.4 Å². The minimum absolute atomic E-state index is 0.0391. The number of ether oxygens (including phenoxy) is 1. The van der Waals surface area contributed by atoms with E-state index in [-0.39, 0.29) is 11.9 Å². The van der Waals surface area contributed by atoms with Crippen molar-refractivity contribution in [3.63, 3.8) is 0 Å². The summed E-state index contributed by atoms with van der Waals surface area (Å²) in [5.74, 6) is -2.38. The lowest BCUT2D eigenvalue weighted by Crippen LogP contribution is -2.48. The van der Waals surface area contributed by atoms with Gasteiger partial charge in [0, 0.05) is 49.7 Å². The maximum atomic E-state index is 13.0.